The van der Waals surface area contributed by atoms with Crippen molar-refractivity contribution in [3.05, 3.63) is 92.2 Å². The van der Waals surface area contributed by atoms with Crippen LogP contribution >= 0.6 is 11.6 Å². The molecule has 3 aromatic rings. The van der Waals surface area contributed by atoms with E-state index in [-0.39, 0.29) is 35.3 Å². The van der Waals surface area contributed by atoms with Gasteiger partial charge in [-0.05, 0) is 140 Å². The van der Waals surface area contributed by atoms with E-state index in [2.05, 4.69) is 70.7 Å². The third-order valence-electron chi connectivity index (χ3n) is 13.8. The number of fused-ring (bicyclic) bond motifs is 5. The molecule has 2 unspecified atom stereocenters. The van der Waals surface area contributed by atoms with Gasteiger partial charge >= 0.3 is 0 Å². The minimum absolute atomic E-state index is 0.00121. The lowest BCUT2D eigenvalue weighted by molar-refractivity contribution is -0.134. The van der Waals surface area contributed by atoms with Gasteiger partial charge in [-0.2, -0.15) is 4.98 Å². The predicted molar refractivity (Wildman–Crippen MR) is 225 cm³/mol. The Labute approximate surface area is 350 Å². The number of anilines is 1. The number of rotatable bonds is 5. The molecule has 4 saturated heterocycles. The number of piperidine rings is 4. The molecular weight excluding hydrogens is 774 g/mol. The SMILES string of the molecule is CC1C=C(Cl)c2c(n3c(nc2=O)C(C)(C)c2ccc(C4CCN(C5CCN(C)CC5)CC4)cc2-3)C1.O=CC1CCN(c2cc(F)c(C3CCC(=O)NC3=O)c(F)c2)CC1. The number of amides is 2. The average Bonchev–Trinajstić information content (AvgIpc) is 3.43. The van der Waals surface area contributed by atoms with Crippen LogP contribution in [0.1, 0.15) is 118 Å². The Bertz CT molecular complexity index is 2210. The van der Waals surface area contributed by atoms with Crippen molar-refractivity contribution in [2.45, 2.75) is 102 Å². The number of hydrogen-bond acceptors (Lipinski definition) is 8. The van der Waals surface area contributed by atoms with Crippen molar-refractivity contribution in [1.82, 2.24) is 24.7 Å². The molecule has 6 heterocycles. The van der Waals surface area contributed by atoms with Crippen molar-refractivity contribution in [2.75, 3.05) is 51.2 Å². The van der Waals surface area contributed by atoms with Gasteiger partial charge in [-0.25, -0.2) is 8.78 Å². The normalized spacial score (nSPS) is 24.1. The number of nitrogens with zero attached hydrogens (tertiary/aromatic N) is 5. The summed E-state index contributed by atoms with van der Waals surface area (Å²) in [4.78, 5) is 58.5. The molecule has 314 valence electrons. The van der Waals surface area contributed by atoms with Gasteiger partial charge in [-0.3, -0.25) is 19.7 Å². The highest BCUT2D eigenvalue weighted by atomic mass is 35.5. The van der Waals surface area contributed by atoms with Crippen LogP contribution in [-0.2, 0) is 26.2 Å². The second-order valence-corrected chi connectivity index (χ2v) is 18.5. The molecule has 0 bridgehead atoms. The topological polar surface area (TPSA) is 108 Å². The zero-order valence-corrected chi connectivity index (χ0v) is 35.3. The average molecular weight is 829 g/mol. The van der Waals surface area contributed by atoms with Crippen LogP contribution in [0.2, 0.25) is 0 Å². The van der Waals surface area contributed by atoms with Gasteiger partial charge in [0.15, 0.2) is 0 Å². The first-order valence-corrected chi connectivity index (χ1v) is 21.8. The number of carbonyl (C=O) groups excluding carboxylic acids is 3. The Kier molecular flexibility index (Phi) is 11.7. The van der Waals surface area contributed by atoms with Gasteiger partial charge in [-0.15, -0.1) is 0 Å². The molecule has 9 rings (SSSR count). The number of aldehydes is 1. The summed E-state index contributed by atoms with van der Waals surface area (Å²) in [6, 6.07) is 10.2. The van der Waals surface area contributed by atoms with Gasteiger partial charge in [-0.1, -0.05) is 36.7 Å². The molecule has 1 N–H and O–H groups in total. The van der Waals surface area contributed by atoms with Gasteiger partial charge in [0.05, 0.1) is 27.6 Å². The smallest absolute Gasteiger partial charge is 0.282 e. The molecule has 0 saturated carbocycles. The highest BCUT2D eigenvalue weighted by molar-refractivity contribution is 6.49. The van der Waals surface area contributed by atoms with E-state index in [1.165, 1.54) is 80.8 Å². The minimum Gasteiger partial charge on any atom is -0.371 e. The van der Waals surface area contributed by atoms with Gasteiger partial charge in [0.1, 0.15) is 23.7 Å². The molecule has 2 atom stereocenters. The molecule has 13 heteroatoms. The Morgan fingerprint density at radius 2 is 1.58 bits per heavy atom. The third-order valence-corrected chi connectivity index (χ3v) is 14.1. The van der Waals surface area contributed by atoms with Crippen LogP contribution in [0.4, 0.5) is 14.5 Å². The van der Waals surface area contributed by atoms with E-state index in [0.717, 1.165) is 30.3 Å². The molecule has 2 amide bonds. The fraction of sp³-hybridized carbons (Fsp3) is 0.543. The largest absolute Gasteiger partial charge is 0.371 e. The molecule has 1 aliphatic carbocycles. The molecule has 6 aliphatic rings. The van der Waals surface area contributed by atoms with Crippen LogP contribution < -0.4 is 15.8 Å². The fourth-order valence-corrected chi connectivity index (χ4v) is 10.7. The van der Waals surface area contributed by atoms with E-state index in [1.807, 2.05) is 11.0 Å². The van der Waals surface area contributed by atoms with E-state index in [1.54, 1.807) is 0 Å². The van der Waals surface area contributed by atoms with Crippen LogP contribution in [0.5, 0.6) is 0 Å². The van der Waals surface area contributed by atoms with E-state index in [4.69, 9.17) is 11.6 Å². The van der Waals surface area contributed by atoms with E-state index in [9.17, 15) is 28.0 Å². The minimum atomic E-state index is -0.988. The number of halogens is 3. The highest BCUT2D eigenvalue weighted by Gasteiger charge is 2.41. The molecule has 0 radical (unpaired) electrons. The number of imide groups is 1. The van der Waals surface area contributed by atoms with E-state index < -0.39 is 29.4 Å². The first kappa shape index (κ1) is 41.5. The number of nitrogens with one attached hydrogen (secondary N) is 1. The van der Waals surface area contributed by atoms with E-state index >= 15 is 0 Å². The molecular formula is C46H55ClF2N6O4. The molecule has 2 aromatic carbocycles. The molecule has 1 aromatic heterocycles. The zero-order valence-electron chi connectivity index (χ0n) is 34.5. The summed E-state index contributed by atoms with van der Waals surface area (Å²) >= 11 is 6.59. The summed E-state index contributed by atoms with van der Waals surface area (Å²) in [5.74, 6) is -1.90. The summed E-state index contributed by atoms with van der Waals surface area (Å²) in [5.41, 5.74) is 5.12. The van der Waals surface area contributed by atoms with Crippen molar-refractivity contribution in [3.8, 4) is 5.69 Å². The summed E-state index contributed by atoms with van der Waals surface area (Å²) in [5, 5.41) is 2.67. The maximum Gasteiger partial charge on any atom is 0.282 e. The lowest BCUT2D eigenvalue weighted by Gasteiger charge is -2.41. The molecule has 0 spiro atoms. The Hall–Kier alpha value is -4.26. The maximum absolute atomic E-state index is 14.5. The highest BCUT2D eigenvalue weighted by Crippen LogP contribution is 2.46. The lowest BCUT2D eigenvalue weighted by Crippen LogP contribution is -2.46. The van der Waals surface area contributed by atoms with Crippen LogP contribution in [0.3, 0.4) is 0 Å². The molecule has 10 nitrogen and oxygen atoms in total. The van der Waals surface area contributed by atoms with Crippen LogP contribution in [0, 0.1) is 23.5 Å². The quantitative estimate of drug-likeness (QED) is 0.221. The summed E-state index contributed by atoms with van der Waals surface area (Å²) in [6.07, 6.45) is 10.2. The van der Waals surface area contributed by atoms with Gasteiger partial charge in [0.25, 0.3) is 5.56 Å². The number of carbonyl (C=O) groups is 3. The van der Waals surface area contributed by atoms with Crippen molar-refractivity contribution < 1.29 is 23.2 Å². The summed E-state index contributed by atoms with van der Waals surface area (Å²) in [7, 11) is 2.24. The number of aromatic nitrogens is 2. The van der Waals surface area contributed by atoms with Crippen molar-refractivity contribution in [1.29, 1.82) is 0 Å². The summed E-state index contributed by atoms with van der Waals surface area (Å²) < 4.78 is 31.2. The molecule has 5 aliphatic heterocycles. The van der Waals surface area contributed by atoms with E-state index in [0.29, 0.717) is 54.1 Å². The predicted octanol–water partition coefficient (Wildman–Crippen LogP) is 6.82. The van der Waals surface area contributed by atoms with Gasteiger partial charge in [0, 0.05) is 48.4 Å². The molecule has 4 fully saturated rings. The van der Waals surface area contributed by atoms with Crippen molar-refractivity contribution >= 4 is 40.4 Å². The third kappa shape index (κ3) is 8.04. The standard InChI is InChI=1S/C29H37ClN4O.C17H18F2N2O3/c1-18-15-23(30)26-25(16-18)34-24-17-20(5-6-22(24)29(2,3)28(34)31-27(26)35)19-7-13-33(14-8-19)21-9-11-32(4)12-10-21;18-13-7-11(21-5-3-10(9-22)4-6-21)8-14(19)16(13)12-1-2-15(23)20-17(12)24/h5-6,15,17-19,21H,7-14,16H2,1-4H3;7-10,12H,1-6H2,(H,20,23,24). The fourth-order valence-electron chi connectivity index (χ4n) is 10.3. The monoisotopic (exact) mass is 828 g/mol. The number of allylic oxidation sites excluding steroid dienone is 1. The van der Waals surface area contributed by atoms with Gasteiger partial charge < -0.3 is 24.1 Å². The summed E-state index contributed by atoms with van der Waals surface area (Å²) in [6.45, 7) is 12.5. The maximum atomic E-state index is 14.5. The first-order valence-electron chi connectivity index (χ1n) is 21.4. The Morgan fingerprint density at radius 3 is 2.22 bits per heavy atom. The Balaban J connectivity index is 0.000000177. The first-order chi connectivity index (χ1) is 28.2. The van der Waals surface area contributed by atoms with Crippen LogP contribution in [0.15, 0.2) is 41.2 Å². The number of likely N-dealkylation sites (tertiary alicyclic amines) is 2. The van der Waals surface area contributed by atoms with Crippen LogP contribution in [-0.4, -0.2) is 89.8 Å². The van der Waals surface area contributed by atoms with Crippen LogP contribution in [0.25, 0.3) is 10.7 Å². The molecule has 59 heavy (non-hydrogen) atoms. The number of hydrogen-bond donors (Lipinski definition) is 1. The zero-order chi connectivity index (χ0) is 41.7. The van der Waals surface area contributed by atoms with Crippen molar-refractivity contribution in [2.24, 2.45) is 11.8 Å². The second-order valence-electron chi connectivity index (χ2n) is 18.1. The van der Waals surface area contributed by atoms with Gasteiger partial charge in [0.2, 0.25) is 11.8 Å². The second kappa shape index (κ2) is 16.7. The Morgan fingerprint density at radius 1 is 0.898 bits per heavy atom. The lowest BCUT2D eigenvalue weighted by atomic mass is 9.82. The number of benzene rings is 2. The van der Waals surface area contributed by atoms with Crippen molar-refractivity contribution in [3.63, 3.8) is 0 Å².